The topological polar surface area (TPSA) is 79.3 Å². The molecule has 0 aromatic carbocycles. The number of carboxylic acid groups (broad SMARTS) is 1. The summed E-state index contributed by atoms with van der Waals surface area (Å²) in [5, 5.41) is 11.8. The lowest BCUT2D eigenvalue weighted by atomic mass is 10.3. The molecule has 1 amide bonds. The molecule has 0 radical (unpaired) electrons. The summed E-state index contributed by atoms with van der Waals surface area (Å²) in [4.78, 5) is 26.1. The third kappa shape index (κ3) is 4.28. The Morgan fingerprint density at radius 2 is 2.35 bits per heavy atom. The molecule has 90 valence electrons. The molecule has 5 nitrogen and oxygen atoms in total. The Kier molecular flexibility index (Phi) is 5.22. The van der Waals surface area contributed by atoms with E-state index >= 15 is 0 Å². The molecule has 0 spiro atoms. The molecule has 0 saturated carbocycles. The molecule has 17 heavy (non-hydrogen) atoms. The zero-order chi connectivity index (χ0) is 12.7. The van der Waals surface area contributed by atoms with Crippen molar-refractivity contribution in [3.63, 3.8) is 0 Å². The van der Waals surface area contributed by atoms with Crippen LogP contribution in [0.15, 0.2) is 36.0 Å². The van der Waals surface area contributed by atoms with E-state index in [0.717, 1.165) is 11.8 Å². The number of hydrogen-bond donors (Lipinski definition) is 2. The van der Waals surface area contributed by atoms with Gasteiger partial charge in [0.15, 0.2) is 0 Å². The predicted molar refractivity (Wildman–Crippen MR) is 65.1 cm³/mol. The third-order valence-corrected chi connectivity index (χ3v) is 2.79. The van der Waals surface area contributed by atoms with Crippen LogP contribution >= 0.6 is 11.8 Å². The minimum atomic E-state index is -1.05. The van der Waals surface area contributed by atoms with E-state index in [1.54, 1.807) is 12.1 Å². The lowest BCUT2D eigenvalue weighted by Crippen LogP contribution is -2.25. The van der Waals surface area contributed by atoms with Crippen molar-refractivity contribution in [3.05, 3.63) is 36.5 Å². The fourth-order valence-corrected chi connectivity index (χ4v) is 1.86. The van der Waals surface area contributed by atoms with E-state index in [0.29, 0.717) is 11.6 Å². The number of pyridine rings is 1. The van der Waals surface area contributed by atoms with Gasteiger partial charge in [0.1, 0.15) is 5.03 Å². The van der Waals surface area contributed by atoms with Crippen LogP contribution in [0.4, 0.5) is 0 Å². The fourth-order valence-electron chi connectivity index (χ4n) is 1.04. The normalized spacial score (nSPS) is 9.65. The van der Waals surface area contributed by atoms with E-state index in [-0.39, 0.29) is 17.2 Å². The van der Waals surface area contributed by atoms with E-state index in [2.05, 4.69) is 16.9 Å². The van der Waals surface area contributed by atoms with Gasteiger partial charge in [-0.15, -0.1) is 6.58 Å². The number of hydrogen-bond acceptors (Lipinski definition) is 4. The van der Waals surface area contributed by atoms with Crippen LogP contribution in [0.2, 0.25) is 0 Å². The monoisotopic (exact) mass is 252 g/mol. The summed E-state index contributed by atoms with van der Waals surface area (Å²) in [5.74, 6) is -1.10. The molecule has 2 N–H and O–H groups in total. The van der Waals surface area contributed by atoms with E-state index in [1.807, 2.05) is 0 Å². The number of amides is 1. The van der Waals surface area contributed by atoms with Crippen LogP contribution in [-0.4, -0.2) is 34.3 Å². The summed E-state index contributed by atoms with van der Waals surface area (Å²) in [6, 6.07) is 3.00. The number of carboxylic acids is 1. The van der Waals surface area contributed by atoms with Crippen LogP contribution in [-0.2, 0) is 4.79 Å². The van der Waals surface area contributed by atoms with Crippen LogP contribution in [0.3, 0.4) is 0 Å². The van der Waals surface area contributed by atoms with Crippen LogP contribution in [0.1, 0.15) is 10.4 Å². The van der Waals surface area contributed by atoms with E-state index < -0.39 is 5.97 Å². The number of nitrogens with one attached hydrogen (secondary N) is 1. The van der Waals surface area contributed by atoms with Crippen molar-refractivity contribution in [3.8, 4) is 0 Å². The highest BCUT2D eigenvalue weighted by Gasteiger charge is 2.12. The highest BCUT2D eigenvalue weighted by atomic mass is 32.2. The van der Waals surface area contributed by atoms with Gasteiger partial charge >= 0.3 is 5.97 Å². The standard InChI is InChI=1S/C11H12N2O3S/c1-2-5-12-9(14)7-17-10-8(11(15)16)4-3-6-13-10/h2-4,6H,1,5,7H2,(H,12,14)(H,15,16). The lowest BCUT2D eigenvalue weighted by molar-refractivity contribution is -0.118. The maximum absolute atomic E-state index is 11.3. The van der Waals surface area contributed by atoms with Crippen LogP contribution < -0.4 is 5.32 Å². The van der Waals surface area contributed by atoms with Crippen LogP contribution in [0.25, 0.3) is 0 Å². The summed E-state index contributed by atoms with van der Waals surface area (Å²) >= 11 is 1.10. The van der Waals surface area contributed by atoms with Gasteiger partial charge in [0, 0.05) is 12.7 Å². The second-order valence-electron chi connectivity index (χ2n) is 3.04. The number of carbonyl (C=O) groups excluding carboxylic acids is 1. The lowest BCUT2D eigenvalue weighted by Gasteiger charge is -2.04. The first-order valence-corrected chi connectivity index (χ1v) is 5.82. The second kappa shape index (κ2) is 6.70. The Hall–Kier alpha value is -1.82. The Morgan fingerprint density at radius 1 is 1.59 bits per heavy atom. The second-order valence-corrected chi connectivity index (χ2v) is 4.01. The molecule has 0 unspecified atom stereocenters. The largest absolute Gasteiger partial charge is 0.478 e. The van der Waals surface area contributed by atoms with Gasteiger partial charge in [0.25, 0.3) is 0 Å². The van der Waals surface area contributed by atoms with Gasteiger partial charge in [-0.25, -0.2) is 9.78 Å². The van der Waals surface area contributed by atoms with Crippen LogP contribution in [0.5, 0.6) is 0 Å². The van der Waals surface area contributed by atoms with Gasteiger partial charge in [-0.2, -0.15) is 0 Å². The van der Waals surface area contributed by atoms with Crippen molar-refractivity contribution in [2.24, 2.45) is 0 Å². The van der Waals surface area contributed by atoms with E-state index in [9.17, 15) is 9.59 Å². The molecule has 0 aliphatic heterocycles. The first-order chi connectivity index (χ1) is 8.15. The fraction of sp³-hybridized carbons (Fsp3) is 0.182. The van der Waals surface area contributed by atoms with E-state index in [4.69, 9.17) is 5.11 Å². The van der Waals surface area contributed by atoms with Crippen molar-refractivity contribution < 1.29 is 14.7 Å². The number of rotatable bonds is 6. The minimum Gasteiger partial charge on any atom is -0.478 e. The molecular formula is C11H12N2O3S. The smallest absolute Gasteiger partial charge is 0.338 e. The van der Waals surface area contributed by atoms with Crippen molar-refractivity contribution in [1.82, 2.24) is 10.3 Å². The van der Waals surface area contributed by atoms with Crippen molar-refractivity contribution >= 4 is 23.6 Å². The third-order valence-electron chi connectivity index (χ3n) is 1.79. The summed E-state index contributed by atoms with van der Waals surface area (Å²) in [7, 11) is 0. The van der Waals surface area contributed by atoms with Gasteiger partial charge in [-0.05, 0) is 12.1 Å². The number of carbonyl (C=O) groups is 2. The van der Waals surface area contributed by atoms with Crippen molar-refractivity contribution in [2.75, 3.05) is 12.3 Å². The Bertz CT molecular complexity index is 434. The summed E-state index contributed by atoms with van der Waals surface area (Å²) in [6.45, 7) is 3.87. The zero-order valence-electron chi connectivity index (χ0n) is 9.05. The first kappa shape index (κ1) is 13.2. The van der Waals surface area contributed by atoms with Crippen LogP contribution in [0, 0.1) is 0 Å². The summed E-state index contributed by atoms with van der Waals surface area (Å²) in [5.41, 5.74) is 0.106. The average Bonchev–Trinajstić information content (AvgIpc) is 2.34. The number of aromatic nitrogens is 1. The van der Waals surface area contributed by atoms with Crippen molar-refractivity contribution in [2.45, 2.75) is 5.03 Å². The maximum atomic E-state index is 11.3. The van der Waals surface area contributed by atoms with Gasteiger partial charge in [-0.3, -0.25) is 4.79 Å². The summed E-state index contributed by atoms with van der Waals surface area (Å²) in [6.07, 6.45) is 3.07. The van der Waals surface area contributed by atoms with Gasteiger partial charge in [-0.1, -0.05) is 17.8 Å². The number of aromatic carboxylic acids is 1. The quantitative estimate of drug-likeness (QED) is 0.587. The van der Waals surface area contributed by atoms with Crippen molar-refractivity contribution in [1.29, 1.82) is 0 Å². The number of thioether (sulfide) groups is 1. The number of nitrogens with zero attached hydrogens (tertiary/aromatic N) is 1. The van der Waals surface area contributed by atoms with Gasteiger partial charge in [0.2, 0.25) is 5.91 Å². The van der Waals surface area contributed by atoms with Gasteiger partial charge in [0.05, 0.1) is 11.3 Å². The first-order valence-electron chi connectivity index (χ1n) is 4.84. The van der Waals surface area contributed by atoms with E-state index in [1.165, 1.54) is 12.3 Å². The molecule has 0 aliphatic carbocycles. The molecule has 1 aromatic rings. The molecule has 0 fully saturated rings. The maximum Gasteiger partial charge on any atom is 0.338 e. The predicted octanol–water partition coefficient (Wildman–Crippen LogP) is 1.17. The Balaban J connectivity index is 2.60. The molecule has 1 rings (SSSR count). The Labute approximate surface area is 103 Å². The molecular weight excluding hydrogens is 240 g/mol. The molecule has 0 saturated heterocycles. The average molecular weight is 252 g/mol. The highest BCUT2D eigenvalue weighted by molar-refractivity contribution is 8.00. The Morgan fingerprint density at radius 3 is 3.00 bits per heavy atom. The minimum absolute atomic E-state index is 0.106. The molecule has 6 heteroatoms. The molecule has 1 heterocycles. The summed E-state index contributed by atoms with van der Waals surface area (Å²) < 4.78 is 0. The molecule has 0 aliphatic rings. The molecule has 0 atom stereocenters. The SMILES string of the molecule is C=CCNC(=O)CSc1ncccc1C(=O)O. The molecule has 0 bridgehead atoms. The van der Waals surface area contributed by atoms with Gasteiger partial charge < -0.3 is 10.4 Å². The highest BCUT2D eigenvalue weighted by Crippen LogP contribution is 2.19. The zero-order valence-corrected chi connectivity index (χ0v) is 9.87. The molecule has 1 aromatic heterocycles.